The number of hydrogen-bond donors (Lipinski definition) is 0. The minimum atomic E-state index is 1.03. The molecular formula is C20H32. The number of aryl methyl sites for hydroxylation is 1. The van der Waals surface area contributed by atoms with Crippen molar-refractivity contribution in [2.45, 2.75) is 77.6 Å². The Morgan fingerprint density at radius 3 is 2.30 bits per heavy atom. The summed E-state index contributed by atoms with van der Waals surface area (Å²) in [4.78, 5) is 0. The van der Waals surface area contributed by atoms with Crippen LogP contribution >= 0.6 is 0 Å². The van der Waals surface area contributed by atoms with Crippen LogP contribution in [0.5, 0.6) is 0 Å². The van der Waals surface area contributed by atoms with Gasteiger partial charge < -0.3 is 0 Å². The van der Waals surface area contributed by atoms with E-state index >= 15 is 0 Å². The minimum absolute atomic E-state index is 1.03. The third kappa shape index (κ3) is 5.69. The van der Waals surface area contributed by atoms with Crippen LogP contribution in [0.1, 0.15) is 76.7 Å². The van der Waals surface area contributed by atoms with E-state index in [4.69, 9.17) is 0 Å². The van der Waals surface area contributed by atoms with Crippen LogP contribution in [0.3, 0.4) is 0 Å². The fourth-order valence-corrected chi connectivity index (χ4v) is 3.85. The second-order valence-corrected chi connectivity index (χ2v) is 6.77. The van der Waals surface area contributed by atoms with Gasteiger partial charge in [0.1, 0.15) is 0 Å². The number of benzene rings is 1. The lowest BCUT2D eigenvalue weighted by Crippen LogP contribution is -2.15. The van der Waals surface area contributed by atoms with Crippen LogP contribution in [0.15, 0.2) is 30.3 Å². The molecule has 1 saturated carbocycles. The van der Waals surface area contributed by atoms with Crippen molar-refractivity contribution in [3.8, 4) is 0 Å². The van der Waals surface area contributed by atoms with E-state index in [1.165, 1.54) is 76.2 Å². The van der Waals surface area contributed by atoms with Crippen molar-refractivity contribution in [3.63, 3.8) is 0 Å². The largest absolute Gasteiger partial charge is 0.0654 e. The number of hydrogen-bond acceptors (Lipinski definition) is 0. The van der Waals surface area contributed by atoms with Gasteiger partial charge >= 0.3 is 0 Å². The Morgan fingerprint density at radius 1 is 0.900 bits per heavy atom. The third-order valence-corrected chi connectivity index (χ3v) is 5.03. The maximum absolute atomic E-state index is 2.31. The zero-order valence-electron chi connectivity index (χ0n) is 13.3. The molecule has 0 aliphatic heterocycles. The van der Waals surface area contributed by atoms with Gasteiger partial charge in [-0.1, -0.05) is 88.6 Å². The molecular weight excluding hydrogens is 240 g/mol. The van der Waals surface area contributed by atoms with E-state index in [0.717, 1.165) is 11.8 Å². The van der Waals surface area contributed by atoms with Crippen LogP contribution in [-0.4, -0.2) is 0 Å². The fraction of sp³-hybridized carbons (Fsp3) is 0.700. The molecule has 0 spiro atoms. The van der Waals surface area contributed by atoms with Crippen LogP contribution in [-0.2, 0) is 6.42 Å². The summed E-state index contributed by atoms with van der Waals surface area (Å²) < 4.78 is 0. The SMILES string of the molecule is CCCCCC1CCCC(CCCc2ccccc2)C1. The Bertz CT molecular complexity index is 340. The summed E-state index contributed by atoms with van der Waals surface area (Å²) in [5.41, 5.74) is 1.52. The van der Waals surface area contributed by atoms with Gasteiger partial charge in [-0.25, -0.2) is 0 Å². The molecule has 2 rings (SSSR count). The molecule has 0 aromatic heterocycles. The lowest BCUT2D eigenvalue weighted by molar-refractivity contribution is 0.237. The van der Waals surface area contributed by atoms with Gasteiger partial charge in [-0.15, -0.1) is 0 Å². The second-order valence-electron chi connectivity index (χ2n) is 6.77. The van der Waals surface area contributed by atoms with E-state index in [1.54, 1.807) is 0 Å². The van der Waals surface area contributed by atoms with E-state index in [0.29, 0.717) is 0 Å². The molecule has 1 fully saturated rings. The second kappa shape index (κ2) is 9.21. The van der Waals surface area contributed by atoms with Crippen molar-refractivity contribution in [2.75, 3.05) is 0 Å². The number of rotatable bonds is 8. The van der Waals surface area contributed by atoms with E-state index in [1.807, 2.05) is 0 Å². The normalized spacial score (nSPS) is 22.9. The molecule has 0 heteroatoms. The van der Waals surface area contributed by atoms with Gasteiger partial charge in [0.25, 0.3) is 0 Å². The van der Waals surface area contributed by atoms with Crippen LogP contribution in [0, 0.1) is 11.8 Å². The maximum Gasteiger partial charge on any atom is -0.0279 e. The summed E-state index contributed by atoms with van der Waals surface area (Å²) in [7, 11) is 0. The van der Waals surface area contributed by atoms with Crippen molar-refractivity contribution in [3.05, 3.63) is 35.9 Å². The summed E-state index contributed by atoms with van der Waals surface area (Å²) in [6.45, 7) is 2.31. The molecule has 112 valence electrons. The first-order chi connectivity index (χ1) is 9.88. The van der Waals surface area contributed by atoms with Gasteiger partial charge in [0.2, 0.25) is 0 Å². The molecule has 2 atom stereocenters. The molecule has 0 N–H and O–H groups in total. The Kier molecular flexibility index (Phi) is 7.19. The molecule has 1 aliphatic rings. The lowest BCUT2D eigenvalue weighted by Gasteiger charge is -2.29. The molecule has 0 bridgehead atoms. The highest BCUT2D eigenvalue weighted by molar-refractivity contribution is 5.14. The lowest BCUT2D eigenvalue weighted by atomic mass is 9.77. The first-order valence-electron chi connectivity index (χ1n) is 8.92. The van der Waals surface area contributed by atoms with E-state index in [-0.39, 0.29) is 0 Å². The summed E-state index contributed by atoms with van der Waals surface area (Å²) >= 11 is 0. The van der Waals surface area contributed by atoms with Gasteiger partial charge in [0.05, 0.1) is 0 Å². The average molecular weight is 272 g/mol. The highest BCUT2D eigenvalue weighted by atomic mass is 14.3. The van der Waals surface area contributed by atoms with Crippen LogP contribution < -0.4 is 0 Å². The summed E-state index contributed by atoms with van der Waals surface area (Å²) in [5, 5.41) is 0. The van der Waals surface area contributed by atoms with Crippen molar-refractivity contribution < 1.29 is 0 Å². The summed E-state index contributed by atoms with van der Waals surface area (Å²) in [6.07, 6.45) is 15.9. The Morgan fingerprint density at radius 2 is 1.60 bits per heavy atom. The Labute approximate surface area is 126 Å². The molecule has 0 nitrogen and oxygen atoms in total. The smallest absolute Gasteiger partial charge is 0.0279 e. The standard InChI is InChI=1S/C20H32/c1-2-3-5-12-19-15-9-16-20(17-19)14-8-13-18-10-6-4-7-11-18/h4,6-7,10-11,19-20H,2-3,5,8-9,12-17H2,1H3. The molecule has 0 amide bonds. The van der Waals surface area contributed by atoms with Gasteiger partial charge in [0, 0.05) is 0 Å². The fourth-order valence-electron chi connectivity index (χ4n) is 3.85. The van der Waals surface area contributed by atoms with Gasteiger partial charge in [-0.2, -0.15) is 0 Å². The summed E-state index contributed by atoms with van der Waals surface area (Å²) in [5.74, 6) is 2.08. The summed E-state index contributed by atoms with van der Waals surface area (Å²) in [6, 6.07) is 11.0. The molecule has 20 heavy (non-hydrogen) atoms. The molecule has 0 radical (unpaired) electrons. The topological polar surface area (TPSA) is 0 Å². The third-order valence-electron chi connectivity index (χ3n) is 5.03. The van der Waals surface area contributed by atoms with Crippen LogP contribution in [0.4, 0.5) is 0 Å². The van der Waals surface area contributed by atoms with Crippen molar-refractivity contribution in [2.24, 2.45) is 11.8 Å². The Balaban J connectivity index is 1.63. The van der Waals surface area contributed by atoms with Gasteiger partial charge in [-0.05, 0) is 36.7 Å². The zero-order valence-corrected chi connectivity index (χ0v) is 13.3. The molecule has 1 aliphatic carbocycles. The first kappa shape index (κ1) is 15.6. The minimum Gasteiger partial charge on any atom is -0.0654 e. The van der Waals surface area contributed by atoms with E-state index in [2.05, 4.69) is 37.3 Å². The highest BCUT2D eigenvalue weighted by Gasteiger charge is 2.21. The van der Waals surface area contributed by atoms with Crippen molar-refractivity contribution in [1.29, 1.82) is 0 Å². The molecule has 2 unspecified atom stereocenters. The number of unbranched alkanes of at least 4 members (excludes halogenated alkanes) is 2. The monoisotopic (exact) mass is 272 g/mol. The van der Waals surface area contributed by atoms with E-state index < -0.39 is 0 Å². The first-order valence-corrected chi connectivity index (χ1v) is 8.92. The quantitative estimate of drug-likeness (QED) is 0.481. The predicted octanol–water partition coefficient (Wildman–Crippen LogP) is 6.40. The molecule has 0 saturated heterocycles. The van der Waals surface area contributed by atoms with Gasteiger partial charge in [-0.3, -0.25) is 0 Å². The predicted molar refractivity (Wildman–Crippen MR) is 89.0 cm³/mol. The molecule has 1 aromatic carbocycles. The van der Waals surface area contributed by atoms with Crippen LogP contribution in [0.2, 0.25) is 0 Å². The maximum atomic E-state index is 2.31. The Hall–Kier alpha value is -0.780. The molecule has 0 heterocycles. The van der Waals surface area contributed by atoms with Crippen molar-refractivity contribution >= 4 is 0 Å². The van der Waals surface area contributed by atoms with Gasteiger partial charge in [0.15, 0.2) is 0 Å². The van der Waals surface area contributed by atoms with Crippen LogP contribution in [0.25, 0.3) is 0 Å². The average Bonchev–Trinajstić information content (AvgIpc) is 2.49. The highest BCUT2D eigenvalue weighted by Crippen LogP contribution is 2.34. The molecule has 1 aromatic rings. The van der Waals surface area contributed by atoms with Crippen molar-refractivity contribution in [1.82, 2.24) is 0 Å². The van der Waals surface area contributed by atoms with E-state index in [9.17, 15) is 0 Å². The zero-order chi connectivity index (χ0) is 14.0.